The maximum atomic E-state index is 12.5. The first-order valence-electron chi connectivity index (χ1n) is 3.17. The van der Waals surface area contributed by atoms with Crippen molar-refractivity contribution in [1.82, 2.24) is 0 Å². The zero-order valence-corrected chi connectivity index (χ0v) is 5.22. The number of aliphatic hydroxyl groups excluding tert-OH is 1. The largest absolute Gasteiger partial charge is 0.396 e. The van der Waals surface area contributed by atoms with E-state index in [-0.39, 0.29) is 19.1 Å². The van der Waals surface area contributed by atoms with Crippen LogP contribution in [0.2, 0.25) is 0 Å². The summed E-state index contributed by atoms with van der Waals surface area (Å²) in [6, 6.07) is 0. The van der Waals surface area contributed by atoms with Crippen LogP contribution in [0.15, 0.2) is 0 Å². The van der Waals surface area contributed by atoms with Crippen molar-refractivity contribution in [2.75, 3.05) is 19.8 Å². The predicted octanol–water partition coefficient (Wildman–Crippen LogP) is 0.353. The highest BCUT2D eigenvalue weighted by Gasteiger charge is 2.26. The van der Waals surface area contributed by atoms with Gasteiger partial charge >= 0.3 is 0 Å². The molecule has 1 rings (SSSR count). The Morgan fingerprint density at radius 2 is 2.33 bits per heavy atom. The van der Waals surface area contributed by atoms with E-state index in [1.807, 2.05) is 0 Å². The van der Waals surface area contributed by atoms with Gasteiger partial charge in [0.05, 0.1) is 13.2 Å². The van der Waals surface area contributed by atoms with Gasteiger partial charge in [0.15, 0.2) is 0 Å². The molecule has 2 atom stereocenters. The predicted molar refractivity (Wildman–Crippen MR) is 30.9 cm³/mol. The van der Waals surface area contributed by atoms with Gasteiger partial charge in [-0.2, -0.15) is 0 Å². The fourth-order valence-corrected chi connectivity index (χ4v) is 1.00. The molecule has 0 spiro atoms. The normalized spacial score (nSPS) is 35.3. The Bertz CT molecular complexity index is 87.1. The fraction of sp³-hybridized carbons (Fsp3) is 1.00. The van der Waals surface area contributed by atoms with Gasteiger partial charge in [-0.15, -0.1) is 0 Å². The number of ether oxygens (including phenoxy) is 1. The van der Waals surface area contributed by atoms with E-state index in [1.54, 1.807) is 0 Å². The van der Waals surface area contributed by atoms with Crippen LogP contribution in [-0.4, -0.2) is 31.1 Å². The molecule has 1 N–H and O–H groups in total. The molecule has 3 heteroatoms. The van der Waals surface area contributed by atoms with E-state index in [0.29, 0.717) is 13.0 Å². The van der Waals surface area contributed by atoms with Crippen molar-refractivity contribution in [3.05, 3.63) is 0 Å². The molecule has 0 saturated carbocycles. The molecule has 2 unspecified atom stereocenters. The van der Waals surface area contributed by atoms with Crippen LogP contribution in [0.25, 0.3) is 0 Å². The summed E-state index contributed by atoms with van der Waals surface area (Å²) in [5.41, 5.74) is 0. The molecular weight excluding hydrogens is 123 g/mol. The van der Waals surface area contributed by atoms with E-state index >= 15 is 0 Å². The maximum Gasteiger partial charge on any atom is 0.128 e. The lowest BCUT2D eigenvalue weighted by Gasteiger charge is -2.06. The monoisotopic (exact) mass is 134 g/mol. The van der Waals surface area contributed by atoms with E-state index in [2.05, 4.69) is 0 Å². The minimum atomic E-state index is -0.850. The number of halogens is 1. The van der Waals surface area contributed by atoms with Gasteiger partial charge in [0.2, 0.25) is 0 Å². The first-order chi connectivity index (χ1) is 4.34. The first kappa shape index (κ1) is 6.96. The summed E-state index contributed by atoms with van der Waals surface area (Å²) in [7, 11) is 0. The van der Waals surface area contributed by atoms with Crippen LogP contribution in [0.3, 0.4) is 0 Å². The van der Waals surface area contributed by atoms with Crippen molar-refractivity contribution in [1.29, 1.82) is 0 Å². The maximum absolute atomic E-state index is 12.5. The first-order valence-corrected chi connectivity index (χ1v) is 3.17. The molecule has 0 aromatic rings. The SMILES string of the molecule is OCCC1COCC1F. The lowest BCUT2D eigenvalue weighted by Crippen LogP contribution is -2.14. The molecule has 9 heavy (non-hydrogen) atoms. The minimum Gasteiger partial charge on any atom is -0.396 e. The van der Waals surface area contributed by atoms with Gasteiger partial charge in [-0.3, -0.25) is 0 Å². The molecule has 0 aliphatic carbocycles. The molecule has 54 valence electrons. The minimum absolute atomic E-state index is 0.0602. The van der Waals surface area contributed by atoms with Crippen LogP contribution in [-0.2, 0) is 4.74 Å². The van der Waals surface area contributed by atoms with Crippen molar-refractivity contribution in [3.8, 4) is 0 Å². The highest BCUT2D eigenvalue weighted by molar-refractivity contribution is 4.73. The molecule has 0 aromatic carbocycles. The second kappa shape index (κ2) is 3.13. The van der Waals surface area contributed by atoms with E-state index in [0.717, 1.165) is 0 Å². The van der Waals surface area contributed by atoms with E-state index in [4.69, 9.17) is 9.84 Å². The Morgan fingerprint density at radius 1 is 1.56 bits per heavy atom. The zero-order chi connectivity index (χ0) is 6.69. The highest BCUT2D eigenvalue weighted by atomic mass is 19.1. The van der Waals surface area contributed by atoms with E-state index in [1.165, 1.54) is 0 Å². The van der Waals surface area contributed by atoms with Crippen LogP contribution >= 0.6 is 0 Å². The molecular formula is C6H11FO2. The highest BCUT2D eigenvalue weighted by Crippen LogP contribution is 2.19. The molecule has 0 radical (unpaired) electrons. The van der Waals surface area contributed by atoms with Crippen LogP contribution in [0.5, 0.6) is 0 Å². The molecule has 1 fully saturated rings. The summed E-state index contributed by atoms with van der Waals surface area (Å²) < 4.78 is 17.4. The van der Waals surface area contributed by atoms with Gasteiger partial charge in [0.25, 0.3) is 0 Å². The fourth-order valence-electron chi connectivity index (χ4n) is 1.00. The number of alkyl halides is 1. The number of hydrogen-bond acceptors (Lipinski definition) is 2. The summed E-state index contributed by atoms with van der Waals surface area (Å²) in [4.78, 5) is 0. The van der Waals surface area contributed by atoms with E-state index in [9.17, 15) is 4.39 Å². The van der Waals surface area contributed by atoms with Crippen molar-refractivity contribution >= 4 is 0 Å². The molecule has 1 heterocycles. The second-order valence-electron chi connectivity index (χ2n) is 2.33. The van der Waals surface area contributed by atoms with Gasteiger partial charge in [0.1, 0.15) is 6.17 Å². The van der Waals surface area contributed by atoms with Crippen LogP contribution < -0.4 is 0 Å². The Balaban J connectivity index is 2.22. The van der Waals surface area contributed by atoms with Crippen LogP contribution in [0.1, 0.15) is 6.42 Å². The second-order valence-corrected chi connectivity index (χ2v) is 2.33. The zero-order valence-electron chi connectivity index (χ0n) is 5.22. The van der Waals surface area contributed by atoms with Gasteiger partial charge in [-0.25, -0.2) is 4.39 Å². The third kappa shape index (κ3) is 1.63. The van der Waals surface area contributed by atoms with Crippen LogP contribution in [0.4, 0.5) is 4.39 Å². The summed E-state index contributed by atoms with van der Waals surface area (Å²) >= 11 is 0. The van der Waals surface area contributed by atoms with Crippen LogP contribution in [0, 0.1) is 5.92 Å². The molecule has 1 aliphatic rings. The standard InChI is InChI=1S/C6H11FO2/c7-6-4-9-3-5(6)1-2-8/h5-6,8H,1-4H2. The Kier molecular flexibility index (Phi) is 2.42. The topological polar surface area (TPSA) is 29.5 Å². The summed E-state index contributed by atoms with van der Waals surface area (Å²) in [5, 5.41) is 8.42. The number of rotatable bonds is 2. The van der Waals surface area contributed by atoms with Crippen molar-refractivity contribution in [2.24, 2.45) is 5.92 Å². The molecule has 1 aliphatic heterocycles. The quantitative estimate of drug-likeness (QED) is 0.590. The molecule has 0 amide bonds. The third-order valence-electron chi connectivity index (χ3n) is 1.62. The lowest BCUT2D eigenvalue weighted by atomic mass is 10.0. The molecule has 1 saturated heterocycles. The van der Waals surface area contributed by atoms with Gasteiger partial charge in [-0.05, 0) is 6.42 Å². The molecule has 0 bridgehead atoms. The number of hydrogen-bond donors (Lipinski definition) is 1. The third-order valence-corrected chi connectivity index (χ3v) is 1.62. The Labute approximate surface area is 53.6 Å². The van der Waals surface area contributed by atoms with E-state index < -0.39 is 6.17 Å². The number of aliphatic hydroxyl groups is 1. The molecule has 2 nitrogen and oxygen atoms in total. The van der Waals surface area contributed by atoms with Gasteiger partial charge < -0.3 is 9.84 Å². The van der Waals surface area contributed by atoms with Crippen molar-refractivity contribution in [3.63, 3.8) is 0 Å². The Morgan fingerprint density at radius 3 is 2.78 bits per heavy atom. The summed E-state index contributed by atoms with van der Waals surface area (Å²) in [6.07, 6.45) is -0.321. The van der Waals surface area contributed by atoms with Crippen molar-refractivity contribution in [2.45, 2.75) is 12.6 Å². The smallest absolute Gasteiger partial charge is 0.128 e. The van der Waals surface area contributed by atoms with Gasteiger partial charge in [-0.1, -0.05) is 0 Å². The average molecular weight is 134 g/mol. The summed E-state index contributed by atoms with van der Waals surface area (Å²) in [5.74, 6) is -0.0602. The lowest BCUT2D eigenvalue weighted by molar-refractivity contribution is 0.170. The molecule has 0 aromatic heterocycles. The summed E-state index contributed by atoms with van der Waals surface area (Å²) in [6.45, 7) is 0.751. The van der Waals surface area contributed by atoms with Gasteiger partial charge in [0, 0.05) is 12.5 Å². The average Bonchev–Trinajstić information content (AvgIpc) is 2.18. The Hall–Kier alpha value is -0.150. The van der Waals surface area contributed by atoms with Crippen molar-refractivity contribution < 1.29 is 14.2 Å².